The van der Waals surface area contributed by atoms with Gasteiger partial charge in [-0.05, 0) is 55.2 Å². The number of hydrogen-bond donors (Lipinski definition) is 10. The van der Waals surface area contributed by atoms with Crippen LogP contribution in [-0.4, -0.2) is 172 Å². The minimum atomic E-state index is -1.74. The second kappa shape index (κ2) is 28.0. The van der Waals surface area contributed by atoms with Gasteiger partial charge in [0.1, 0.15) is 48.0 Å². The molecule has 1 aromatic rings. The molecular formula is C45H70N12O12S2. The summed E-state index contributed by atoms with van der Waals surface area (Å²) in [6.45, 7) is 6.68. The number of primary amides is 3. The van der Waals surface area contributed by atoms with Gasteiger partial charge in [0.05, 0.1) is 19.0 Å². The molecule has 0 spiro atoms. The third kappa shape index (κ3) is 17.9. The van der Waals surface area contributed by atoms with Crippen molar-refractivity contribution in [3.05, 3.63) is 29.8 Å². The molecule has 9 atom stereocenters. The Morgan fingerprint density at radius 3 is 1.99 bits per heavy atom. The monoisotopic (exact) mass is 1030 g/mol. The zero-order valence-corrected chi connectivity index (χ0v) is 42.6. The molecule has 394 valence electrons. The minimum absolute atomic E-state index is 0.0421. The lowest BCUT2D eigenvalue weighted by Gasteiger charge is -2.36. The highest BCUT2D eigenvalue weighted by molar-refractivity contribution is 8.76. The van der Waals surface area contributed by atoms with Gasteiger partial charge in [-0.3, -0.25) is 52.7 Å². The Hall–Kier alpha value is -6.15. The average Bonchev–Trinajstić information content (AvgIpc) is 3.81. The minimum Gasteiger partial charge on any atom is -0.508 e. The Morgan fingerprint density at radius 2 is 1.39 bits per heavy atom. The highest BCUT2D eigenvalue weighted by Gasteiger charge is 2.43. The Labute approximate surface area is 420 Å². The normalized spacial score (nSPS) is 24.3. The topological polar surface area (TPSA) is 382 Å². The van der Waals surface area contributed by atoms with Crippen molar-refractivity contribution in [2.45, 2.75) is 127 Å². The molecule has 71 heavy (non-hydrogen) atoms. The smallest absolute Gasteiger partial charge is 0.246 e. The van der Waals surface area contributed by atoms with Gasteiger partial charge in [-0.1, -0.05) is 67.8 Å². The van der Waals surface area contributed by atoms with Gasteiger partial charge in [0.25, 0.3) is 0 Å². The van der Waals surface area contributed by atoms with Crippen LogP contribution in [0.25, 0.3) is 0 Å². The molecule has 2 aliphatic heterocycles. The summed E-state index contributed by atoms with van der Waals surface area (Å²) in [4.78, 5) is 152. The largest absolute Gasteiger partial charge is 0.508 e. The van der Waals surface area contributed by atoms with Crippen molar-refractivity contribution in [1.29, 1.82) is 0 Å². The molecule has 2 saturated heterocycles. The van der Waals surface area contributed by atoms with E-state index in [2.05, 4.69) is 26.6 Å². The fourth-order valence-corrected chi connectivity index (χ4v) is 10.5. The maximum Gasteiger partial charge on any atom is 0.246 e. The molecule has 2 aliphatic rings. The lowest BCUT2D eigenvalue weighted by Crippen LogP contribution is -2.62. The molecule has 26 heteroatoms. The molecule has 11 amide bonds. The highest BCUT2D eigenvalue weighted by atomic mass is 33.1. The summed E-state index contributed by atoms with van der Waals surface area (Å²) in [5.74, 6) is -10.0. The lowest BCUT2D eigenvalue weighted by molar-refractivity contribution is -0.148. The zero-order valence-electron chi connectivity index (χ0n) is 41.0. The Kier molecular flexibility index (Phi) is 23.4. The second-order valence-electron chi connectivity index (χ2n) is 18.2. The first kappa shape index (κ1) is 59.2. The molecule has 0 aliphatic carbocycles. The fraction of sp³-hybridized carbons (Fsp3) is 0.622. The van der Waals surface area contributed by atoms with E-state index in [0.29, 0.717) is 18.4 Å². The van der Waals surface area contributed by atoms with Crippen LogP contribution < -0.4 is 49.5 Å². The molecule has 0 bridgehead atoms. The molecular weight excluding hydrogens is 965 g/mol. The molecule has 0 aromatic heterocycles. The van der Waals surface area contributed by atoms with E-state index in [1.165, 1.54) is 31.1 Å². The van der Waals surface area contributed by atoms with Gasteiger partial charge in [-0.2, -0.15) is 0 Å². The summed E-state index contributed by atoms with van der Waals surface area (Å²) in [7, 11) is 4.70. The molecule has 0 radical (unpaired) electrons. The van der Waals surface area contributed by atoms with Crippen LogP contribution in [0.5, 0.6) is 5.75 Å². The van der Waals surface area contributed by atoms with E-state index in [1.54, 1.807) is 26.0 Å². The summed E-state index contributed by atoms with van der Waals surface area (Å²) in [6.07, 6.45) is -0.638. The Morgan fingerprint density at radius 1 is 0.789 bits per heavy atom. The van der Waals surface area contributed by atoms with Crippen LogP contribution in [0.15, 0.2) is 24.3 Å². The number of aromatic hydroxyl groups is 1. The van der Waals surface area contributed by atoms with E-state index in [4.69, 9.17) is 22.9 Å². The zero-order chi connectivity index (χ0) is 53.3. The van der Waals surface area contributed by atoms with Crippen molar-refractivity contribution in [3.8, 4) is 5.75 Å². The highest BCUT2D eigenvalue weighted by Crippen LogP contribution is 2.28. The number of benzene rings is 1. The number of nitrogens with one attached hydrogen (secondary N) is 5. The van der Waals surface area contributed by atoms with E-state index in [0.717, 1.165) is 31.4 Å². The van der Waals surface area contributed by atoms with Crippen LogP contribution in [-0.2, 0) is 59.2 Å². The van der Waals surface area contributed by atoms with Crippen LogP contribution in [0, 0.1) is 11.8 Å². The van der Waals surface area contributed by atoms with Gasteiger partial charge in [0, 0.05) is 45.0 Å². The van der Waals surface area contributed by atoms with E-state index in [-0.39, 0.29) is 55.4 Å². The molecule has 2 fully saturated rings. The first-order valence-corrected chi connectivity index (χ1v) is 25.8. The lowest BCUT2D eigenvalue weighted by atomic mass is 9.95. The van der Waals surface area contributed by atoms with E-state index in [1.807, 2.05) is 13.8 Å². The molecule has 0 saturated carbocycles. The summed E-state index contributed by atoms with van der Waals surface area (Å²) < 4.78 is 0. The number of phenols is 1. The van der Waals surface area contributed by atoms with Crippen LogP contribution in [0.4, 0.5) is 0 Å². The van der Waals surface area contributed by atoms with Crippen molar-refractivity contribution in [2.24, 2.45) is 34.8 Å². The number of amides is 11. The van der Waals surface area contributed by atoms with E-state index in [9.17, 15) is 57.8 Å². The van der Waals surface area contributed by atoms with E-state index >= 15 is 0 Å². The van der Waals surface area contributed by atoms with Crippen molar-refractivity contribution in [2.75, 3.05) is 38.7 Å². The summed E-state index contributed by atoms with van der Waals surface area (Å²) >= 11 is 0. The first-order chi connectivity index (χ1) is 33.4. The molecule has 24 nitrogen and oxygen atoms in total. The van der Waals surface area contributed by atoms with Gasteiger partial charge < -0.3 is 69.3 Å². The van der Waals surface area contributed by atoms with Gasteiger partial charge >= 0.3 is 0 Å². The summed E-state index contributed by atoms with van der Waals surface area (Å²) in [5, 5.41) is 22.8. The predicted molar refractivity (Wildman–Crippen MR) is 264 cm³/mol. The number of phenolic OH excluding ortho intramolecular Hbond substituents is 1. The summed E-state index contributed by atoms with van der Waals surface area (Å²) in [5.41, 5.74) is 23.2. The summed E-state index contributed by atoms with van der Waals surface area (Å²) in [6, 6.07) is -4.86. The van der Waals surface area contributed by atoms with Crippen LogP contribution in [0.3, 0.4) is 0 Å². The Bertz CT molecular complexity index is 2120. The van der Waals surface area contributed by atoms with Crippen molar-refractivity contribution in [3.63, 3.8) is 0 Å². The number of likely N-dealkylation sites (N-methyl/N-ethyl adjacent to an activating group) is 2. The molecule has 3 rings (SSSR count). The molecule has 14 N–H and O–H groups in total. The first-order valence-electron chi connectivity index (χ1n) is 23.3. The quantitative estimate of drug-likeness (QED) is 0.0699. The van der Waals surface area contributed by atoms with Gasteiger partial charge in [0.2, 0.25) is 65.0 Å². The SMILES string of the molecule is CC[C@H](C)[C@H]1C(=O)N[C@@H](CCC(N)=O)C(=O)N[C@@H](CC(N)=O)C(=O)N(C)[C@H](C(=O)N2CCC[C@H]2C(=O)N[C@@H](CC(C)C)C(=O)NCC(N)=O)CSSC[C@H](N)C(=O)N[C@@H](Cc2ccc(O)cc2)C(=O)N1C. The molecule has 0 unspecified atom stereocenters. The number of carbonyl (C=O) groups excluding carboxylic acids is 11. The standard InChI is InChI=1S/C45H70N12O12S2/c1-7-24(4)37-42(66)51-28(14-15-34(47)59)40(64)54-31(19-35(48)60)43(67)55(5)33(45(69)57-16-8-9-32(57)41(65)52-29(17-23(2)3)39(63)50-20-36(49)61)22-71-70-21-27(46)38(62)53-30(44(68)56(37)6)18-25-10-12-26(58)13-11-25/h10-13,23-24,27-33,37,58H,7-9,14-22,46H2,1-6H3,(H2,47,59)(H2,48,60)(H2,49,61)(H,50,63)(H,51,66)(H,52,65)(H,53,62)(H,54,64)/t24-,27-,28-,29-,30-,31-,32-,33-,37-/m0/s1. The van der Waals surface area contributed by atoms with Crippen molar-refractivity contribution >= 4 is 86.6 Å². The average molecular weight is 1040 g/mol. The maximum absolute atomic E-state index is 14.8. The third-order valence-corrected chi connectivity index (χ3v) is 14.6. The number of likely N-dealkylation sites (tertiary alicyclic amines) is 1. The van der Waals surface area contributed by atoms with Crippen molar-refractivity contribution < 1.29 is 57.8 Å². The van der Waals surface area contributed by atoms with Crippen LogP contribution in [0.2, 0.25) is 0 Å². The number of rotatable bonds is 17. The second-order valence-corrected chi connectivity index (χ2v) is 20.8. The molecule has 2 heterocycles. The van der Waals surface area contributed by atoms with E-state index < -0.39 is 139 Å². The van der Waals surface area contributed by atoms with Crippen molar-refractivity contribution in [1.82, 2.24) is 41.3 Å². The maximum atomic E-state index is 14.8. The van der Waals surface area contributed by atoms with Crippen LogP contribution in [0.1, 0.15) is 78.2 Å². The number of nitrogens with zero attached hydrogens (tertiary/aromatic N) is 3. The van der Waals surface area contributed by atoms with Gasteiger partial charge in [-0.25, -0.2) is 0 Å². The number of hydrogen-bond acceptors (Lipinski definition) is 15. The molecule has 1 aromatic carbocycles. The third-order valence-electron chi connectivity index (χ3n) is 12.1. The number of carbonyl (C=O) groups is 11. The van der Waals surface area contributed by atoms with Gasteiger partial charge in [0.15, 0.2) is 0 Å². The van der Waals surface area contributed by atoms with Crippen LogP contribution >= 0.6 is 21.6 Å². The van der Waals surface area contributed by atoms with Gasteiger partial charge in [-0.15, -0.1) is 0 Å². The number of nitrogens with two attached hydrogens (primary N) is 4. The fourth-order valence-electron chi connectivity index (χ4n) is 8.08. The predicted octanol–water partition coefficient (Wildman–Crippen LogP) is -2.92. The Balaban J connectivity index is 2.12.